The third kappa shape index (κ3) is 3.33. The third-order valence-electron chi connectivity index (χ3n) is 1.94. The van der Waals surface area contributed by atoms with E-state index in [1.807, 2.05) is 0 Å². The molecular weight excluding hydrogens is 266 g/mol. The number of aliphatic hydroxyl groups is 2. The van der Waals surface area contributed by atoms with Crippen molar-refractivity contribution in [2.45, 2.75) is 18.6 Å². The molecule has 0 aliphatic carbocycles. The molecule has 0 aromatic rings. The standard InChI is InChI=1S/C5H12O9P2/c1-5(3-6)4(7)2-12-15(8,9)14-16(10,11)13-5/h4,6-7H,2-3H2,1H3,(H,8,9)(H,10,11)/t4-,5+/m0/s1. The lowest BCUT2D eigenvalue weighted by molar-refractivity contribution is -0.109. The van der Waals surface area contributed by atoms with Crippen LogP contribution in [0, 0.1) is 0 Å². The van der Waals surface area contributed by atoms with Crippen LogP contribution in [0.2, 0.25) is 0 Å². The SMILES string of the molecule is C[C@]1(CO)OP(=O)(O)OP(=O)(O)OC[C@@H]1O. The number of phosphoric acid groups is 2. The van der Waals surface area contributed by atoms with E-state index in [-0.39, 0.29) is 0 Å². The number of rotatable bonds is 1. The highest BCUT2D eigenvalue weighted by molar-refractivity contribution is 7.61. The summed E-state index contributed by atoms with van der Waals surface area (Å²) in [4.78, 5) is 18.0. The maximum Gasteiger partial charge on any atom is 0.481 e. The average Bonchev–Trinajstić information content (AvgIpc) is 2.10. The quantitative estimate of drug-likeness (QED) is 0.460. The van der Waals surface area contributed by atoms with Gasteiger partial charge in [-0.1, -0.05) is 0 Å². The lowest BCUT2D eigenvalue weighted by Crippen LogP contribution is -2.47. The van der Waals surface area contributed by atoms with Crippen molar-refractivity contribution in [2.75, 3.05) is 13.2 Å². The summed E-state index contributed by atoms with van der Waals surface area (Å²) in [6.07, 6.45) is -1.57. The molecule has 4 N–H and O–H groups in total. The average molecular weight is 278 g/mol. The summed E-state index contributed by atoms with van der Waals surface area (Å²) < 4.78 is 34.7. The number of hydrogen-bond acceptors (Lipinski definition) is 7. The Balaban J connectivity index is 3.01. The molecule has 0 amide bonds. The van der Waals surface area contributed by atoms with Crippen molar-refractivity contribution in [1.29, 1.82) is 0 Å². The smallest absolute Gasteiger partial charge is 0.393 e. The predicted molar refractivity (Wildman–Crippen MR) is 49.3 cm³/mol. The van der Waals surface area contributed by atoms with Gasteiger partial charge in [-0.05, 0) is 6.92 Å². The van der Waals surface area contributed by atoms with Crippen LogP contribution in [0.5, 0.6) is 0 Å². The minimum atomic E-state index is -4.91. The molecule has 11 heteroatoms. The van der Waals surface area contributed by atoms with E-state index in [2.05, 4.69) is 13.4 Å². The minimum Gasteiger partial charge on any atom is -0.393 e. The molecule has 2 unspecified atom stereocenters. The zero-order valence-corrected chi connectivity index (χ0v) is 10.0. The zero-order chi connectivity index (χ0) is 12.6. The van der Waals surface area contributed by atoms with Gasteiger partial charge in [0.1, 0.15) is 11.7 Å². The first-order chi connectivity index (χ1) is 7.10. The number of hydrogen-bond donors (Lipinski definition) is 4. The van der Waals surface area contributed by atoms with E-state index in [0.29, 0.717) is 0 Å². The Morgan fingerprint density at radius 1 is 1.38 bits per heavy atom. The van der Waals surface area contributed by atoms with Gasteiger partial charge in [0.25, 0.3) is 0 Å². The molecule has 1 heterocycles. The van der Waals surface area contributed by atoms with Crippen molar-refractivity contribution in [3.8, 4) is 0 Å². The van der Waals surface area contributed by atoms with Crippen molar-refractivity contribution in [3.05, 3.63) is 0 Å². The van der Waals surface area contributed by atoms with E-state index in [4.69, 9.17) is 14.9 Å². The van der Waals surface area contributed by atoms with Crippen LogP contribution in [0.3, 0.4) is 0 Å². The normalized spacial score (nSPS) is 50.7. The number of phosphoric ester groups is 2. The van der Waals surface area contributed by atoms with E-state index in [1.54, 1.807) is 0 Å². The molecule has 4 atom stereocenters. The van der Waals surface area contributed by atoms with E-state index in [9.17, 15) is 14.2 Å². The van der Waals surface area contributed by atoms with Crippen LogP contribution in [0.1, 0.15) is 6.92 Å². The molecule has 0 radical (unpaired) electrons. The fourth-order valence-corrected chi connectivity index (χ4v) is 3.37. The van der Waals surface area contributed by atoms with Gasteiger partial charge >= 0.3 is 15.6 Å². The van der Waals surface area contributed by atoms with E-state index < -0.39 is 40.6 Å². The first kappa shape index (κ1) is 14.2. The molecule has 0 bridgehead atoms. The maximum atomic E-state index is 11.2. The summed E-state index contributed by atoms with van der Waals surface area (Å²) in [5, 5.41) is 18.4. The van der Waals surface area contributed by atoms with Gasteiger partial charge in [-0.2, -0.15) is 4.31 Å². The molecule has 1 aliphatic heterocycles. The molecule has 0 spiro atoms. The van der Waals surface area contributed by atoms with Gasteiger partial charge in [0, 0.05) is 0 Å². The molecule has 1 aliphatic rings. The van der Waals surface area contributed by atoms with E-state index in [1.165, 1.54) is 0 Å². The molecule has 96 valence electrons. The molecule has 0 aromatic carbocycles. The number of aliphatic hydroxyl groups excluding tert-OH is 2. The van der Waals surface area contributed by atoms with Gasteiger partial charge in [-0.3, -0.25) is 9.05 Å². The van der Waals surface area contributed by atoms with Crippen LogP contribution < -0.4 is 0 Å². The Kier molecular flexibility index (Phi) is 3.96. The van der Waals surface area contributed by atoms with Crippen molar-refractivity contribution in [2.24, 2.45) is 0 Å². The van der Waals surface area contributed by atoms with Crippen molar-refractivity contribution in [1.82, 2.24) is 0 Å². The molecule has 1 saturated heterocycles. The second-order valence-electron chi connectivity index (χ2n) is 3.39. The second-order valence-corrected chi connectivity index (χ2v) is 6.36. The Morgan fingerprint density at radius 2 is 1.94 bits per heavy atom. The monoisotopic (exact) mass is 278 g/mol. The fourth-order valence-electron chi connectivity index (χ4n) is 0.970. The third-order valence-corrected chi connectivity index (χ3v) is 4.72. The molecule has 1 fully saturated rings. The van der Waals surface area contributed by atoms with Gasteiger partial charge in [0.2, 0.25) is 0 Å². The highest BCUT2D eigenvalue weighted by Crippen LogP contribution is 2.63. The summed E-state index contributed by atoms with van der Waals surface area (Å²) in [5.74, 6) is 0. The van der Waals surface area contributed by atoms with Gasteiger partial charge < -0.3 is 20.0 Å². The fraction of sp³-hybridized carbons (Fsp3) is 1.00. The summed E-state index contributed by atoms with van der Waals surface area (Å²) in [6.45, 7) is -0.368. The lowest BCUT2D eigenvalue weighted by atomic mass is 10.0. The molecule has 0 saturated carbocycles. The van der Waals surface area contributed by atoms with Crippen LogP contribution in [0.15, 0.2) is 0 Å². The zero-order valence-electron chi connectivity index (χ0n) is 8.22. The summed E-state index contributed by atoms with van der Waals surface area (Å²) in [5.41, 5.74) is -1.83. The van der Waals surface area contributed by atoms with Gasteiger partial charge in [-0.25, -0.2) is 9.13 Å². The Morgan fingerprint density at radius 3 is 2.44 bits per heavy atom. The van der Waals surface area contributed by atoms with E-state index >= 15 is 0 Å². The Bertz CT molecular complexity index is 356. The first-order valence-corrected chi connectivity index (χ1v) is 7.10. The molecule has 0 aromatic heterocycles. The van der Waals surface area contributed by atoms with Crippen LogP contribution in [0.25, 0.3) is 0 Å². The van der Waals surface area contributed by atoms with Gasteiger partial charge in [-0.15, -0.1) is 0 Å². The first-order valence-electron chi connectivity index (χ1n) is 4.11. The van der Waals surface area contributed by atoms with Crippen molar-refractivity contribution in [3.63, 3.8) is 0 Å². The van der Waals surface area contributed by atoms with Gasteiger partial charge in [0.15, 0.2) is 0 Å². The van der Waals surface area contributed by atoms with Crippen molar-refractivity contribution >= 4 is 15.6 Å². The maximum absolute atomic E-state index is 11.2. The second kappa shape index (κ2) is 4.45. The highest BCUT2D eigenvalue weighted by Gasteiger charge is 2.48. The lowest BCUT2D eigenvalue weighted by Gasteiger charge is -2.35. The molecule has 16 heavy (non-hydrogen) atoms. The Hall–Kier alpha value is 0.180. The van der Waals surface area contributed by atoms with E-state index in [0.717, 1.165) is 6.92 Å². The van der Waals surface area contributed by atoms with Gasteiger partial charge in [0.05, 0.1) is 13.2 Å². The topological polar surface area (TPSA) is 143 Å². The summed E-state index contributed by atoms with van der Waals surface area (Å²) in [7, 11) is -9.68. The van der Waals surface area contributed by atoms with Crippen LogP contribution in [-0.4, -0.2) is 44.9 Å². The minimum absolute atomic E-state index is 0.690. The molecular formula is C5H12O9P2. The molecule has 9 nitrogen and oxygen atoms in total. The summed E-state index contributed by atoms with van der Waals surface area (Å²) >= 11 is 0. The predicted octanol–water partition coefficient (Wildman–Crippen LogP) is -0.638. The van der Waals surface area contributed by atoms with Crippen LogP contribution in [0.4, 0.5) is 0 Å². The largest absolute Gasteiger partial charge is 0.481 e. The van der Waals surface area contributed by atoms with Crippen LogP contribution in [-0.2, 0) is 22.5 Å². The molecule has 1 rings (SSSR count). The summed E-state index contributed by atoms with van der Waals surface area (Å²) in [6, 6.07) is 0. The van der Waals surface area contributed by atoms with Crippen LogP contribution >= 0.6 is 15.6 Å². The highest BCUT2D eigenvalue weighted by atomic mass is 31.3. The Labute approximate surface area is 90.8 Å². The van der Waals surface area contributed by atoms with Crippen molar-refractivity contribution < 1.29 is 42.5 Å².